The molecule has 0 N–H and O–H groups in total. The summed E-state index contributed by atoms with van der Waals surface area (Å²) in [7, 11) is 1.11. The molecule has 320 valence electrons. The molecule has 0 saturated heterocycles. The lowest BCUT2D eigenvalue weighted by molar-refractivity contribution is -0.870. The van der Waals surface area contributed by atoms with Gasteiger partial charge >= 0.3 is 11.9 Å². The minimum absolute atomic E-state index is 0.0470. The molecular weight excluding hydrogens is 725 g/mol. The van der Waals surface area contributed by atoms with Crippen LogP contribution in [0.5, 0.6) is 0 Å². The van der Waals surface area contributed by atoms with E-state index >= 15 is 0 Å². The predicted octanol–water partition coefficient (Wildman–Crippen LogP) is 11.4. The summed E-state index contributed by atoms with van der Waals surface area (Å²) in [6, 6.07) is 0. The summed E-state index contributed by atoms with van der Waals surface area (Å²) >= 11 is 0. The number of nitrogens with zero attached hydrogens (tertiary/aromatic N) is 1. The first-order valence-corrected chi connectivity index (χ1v) is 22.8. The first kappa shape index (κ1) is 53.2. The number of hydrogen-bond acceptors (Lipinski definition) is 8. The van der Waals surface area contributed by atoms with Gasteiger partial charge in [0.15, 0.2) is 6.10 Å². The number of phosphoric ester groups is 1. The van der Waals surface area contributed by atoms with Gasteiger partial charge in [-0.05, 0) is 89.9 Å². The summed E-state index contributed by atoms with van der Waals surface area (Å²) in [6.07, 6.45) is 47.5. The van der Waals surface area contributed by atoms with Crippen molar-refractivity contribution in [3.05, 3.63) is 85.1 Å². The standard InChI is InChI=1S/C46H78NO8P/c1-6-8-10-12-14-16-18-20-22-23-25-27-29-31-33-35-37-39-46(49)55-44(43-54-56(50,51)53-41-40-47(3,4)5)42-52-45(48)38-36-34-32-30-28-26-24-21-19-17-15-13-11-9-7-2/h9,11,14-17,20-22,24-25,27-28,30,44H,6-8,10,12-13,18-19,23,26,29,31-43H2,1-5H3/b11-9+,16-14+,17-15+,22-20+,24-21+,27-25+,30-28+/t44-/m1/s1. The van der Waals surface area contributed by atoms with Gasteiger partial charge in [-0.2, -0.15) is 0 Å². The molecule has 0 heterocycles. The molecule has 0 aliphatic rings. The van der Waals surface area contributed by atoms with Crippen molar-refractivity contribution < 1.29 is 42.1 Å². The van der Waals surface area contributed by atoms with Crippen molar-refractivity contribution in [2.75, 3.05) is 47.5 Å². The molecule has 56 heavy (non-hydrogen) atoms. The number of hydrogen-bond donors (Lipinski definition) is 0. The van der Waals surface area contributed by atoms with Gasteiger partial charge in [0.1, 0.15) is 19.8 Å². The van der Waals surface area contributed by atoms with Crippen molar-refractivity contribution in [3.8, 4) is 0 Å². The number of phosphoric acid groups is 1. The molecule has 0 amide bonds. The second kappa shape index (κ2) is 37.7. The Labute approximate surface area is 341 Å². The maximum atomic E-state index is 12.7. The Morgan fingerprint density at radius 3 is 1.54 bits per heavy atom. The van der Waals surface area contributed by atoms with Crippen LogP contribution in [0, 0.1) is 0 Å². The zero-order chi connectivity index (χ0) is 41.4. The fourth-order valence-electron chi connectivity index (χ4n) is 5.06. The summed E-state index contributed by atoms with van der Waals surface area (Å²) < 4.78 is 33.8. The van der Waals surface area contributed by atoms with Gasteiger partial charge in [0, 0.05) is 12.8 Å². The van der Waals surface area contributed by atoms with E-state index in [0.29, 0.717) is 23.9 Å². The molecule has 9 nitrogen and oxygen atoms in total. The number of carbonyl (C=O) groups excluding carboxylic acids is 2. The van der Waals surface area contributed by atoms with Crippen molar-refractivity contribution in [1.29, 1.82) is 0 Å². The summed E-state index contributed by atoms with van der Waals surface area (Å²) in [6.45, 7) is 3.98. The van der Waals surface area contributed by atoms with E-state index in [9.17, 15) is 19.0 Å². The molecule has 0 spiro atoms. The van der Waals surface area contributed by atoms with E-state index in [0.717, 1.165) is 77.0 Å². The fraction of sp³-hybridized carbons (Fsp3) is 0.652. The van der Waals surface area contributed by atoms with E-state index in [1.165, 1.54) is 25.7 Å². The van der Waals surface area contributed by atoms with Gasteiger partial charge in [-0.3, -0.25) is 14.2 Å². The van der Waals surface area contributed by atoms with Gasteiger partial charge in [-0.25, -0.2) is 0 Å². The highest BCUT2D eigenvalue weighted by Gasteiger charge is 2.21. The second-order valence-electron chi connectivity index (χ2n) is 15.0. The predicted molar refractivity (Wildman–Crippen MR) is 231 cm³/mol. The number of esters is 2. The van der Waals surface area contributed by atoms with E-state index in [1.54, 1.807) is 0 Å². The van der Waals surface area contributed by atoms with Crippen molar-refractivity contribution in [2.24, 2.45) is 0 Å². The first-order chi connectivity index (χ1) is 27.0. The van der Waals surface area contributed by atoms with Crippen LogP contribution in [0.15, 0.2) is 85.1 Å². The average molecular weight is 804 g/mol. The number of unbranched alkanes of at least 4 members (excludes halogenated alkanes) is 9. The van der Waals surface area contributed by atoms with Gasteiger partial charge in [0.2, 0.25) is 0 Å². The van der Waals surface area contributed by atoms with Gasteiger partial charge in [-0.1, -0.05) is 125 Å². The molecule has 0 rings (SSSR count). The van der Waals surface area contributed by atoms with Crippen LogP contribution in [0.4, 0.5) is 0 Å². The highest BCUT2D eigenvalue weighted by atomic mass is 31.2. The highest BCUT2D eigenvalue weighted by Crippen LogP contribution is 2.38. The molecule has 0 radical (unpaired) electrons. The minimum Gasteiger partial charge on any atom is -0.756 e. The van der Waals surface area contributed by atoms with Crippen LogP contribution < -0.4 is 4.89 Å². The summed E-state index contributed by atoms with van der Waals surface area (Å²) in [5, 5.41) is 0. The first-order valence-electron chi connectivity index (χ1n) is 21.3. The van der Waals surface area contributed by atoms with E-state index < -0.39 is 32.5 Å². The Morgan fingerprint density at radius 2 is 1.02 bits per heavy atom. The molecule has 1 unspecified atom stereocenters. The number of ether oxygens (including phenoxy) is 2. The van der Waals surface area contributed by atoms with Gasteiger partial charge < -0.3 is 27.9 Å². The molecule has 0 aromatic carbocycles. The van der Waals surface area contributed by atoms with E-state index in [4.69, 9.17) is 18.5 Å². The maximum Gasteiger partial charge on any atom is 0.306 e. The van der Waals surface area contributed by atoms with Crippen LogP contribution in [0.3, 0.4) is 0 Å². The molecular formula is C46H78NO8P. The van der Waals surface area contributed by atoms with Crippen LogP contribution in [0.1, 0.15) is 142 Å². The monoisotopic (exact) mass is 804 g/mol. The largest absolute Gasteiger partial charge is 0.756 e. The normalized spacial score (nSPS) is 14.5. The lowest BCUT2D eigenvalue weighted by Crippen LogP contribution is -2.37. The molecule has 10 heteroatoms. The van der Waals surface area contributed by atoms with Crippen molar-refractivity contribution in [1.82, 2.24) is 0 Å². The topological polar surface area (TPSA) is 111 Å². The third-order valence-electron chi connectivity index (χ3n) is 8.40. The summed E-state index contributed by atoms with van der Waals surface area (Å²) in [4.78, 5) is 37.5. The van der Waals surface area contributed by atoms with Crippen LogP contribution in [0.25, 0.3) is 0 Å². The molecule has 0 saturated carbocycles. The fourth-order valence-corrected chi connectivity index (χ4v) is 5.79. The van der Waals surface area contributed by atoms with Crippen LogP contribution in [-0.2, 0) is 32.7 Å². The van der Waals surface area contributed by atoms with Gasteiger partial charge in [0.05, 0.1) is 27.7 Å². The van der Waals surface area contributed by atoms with Crippen LogP contribution in [-0.4, -0.2) is 70.0 Å². The van der Waals surface area contributed by atoms with Gasteiger partial charge in [0.25, 0.3) is 7.82 Å². The van der Waals surface area contributed by atoms with Crippen molar-refractivity contribution in [2.45, 2.75) is 148 Å². The Kier molecular flexibility index (Phi) is 35.9. The Bertz CT molecular complexity index is 1230. The Balaban J connectivity index is 4.52. The molecule has 0 fully saturated rings. The Morgan fingerprint density at radius 1 is 0.571 bits per heavy atom. The minimum atomic E-state index is -4.64. The zero-order valence-electron chi connectivity index (χ0n) is 35.8. The summed E-state index contributed by atoms with van der Waals surface area (Å²) in [5.41, 5.74) is 0. The number of likely N-dealkylation sites (N-methyl/N-ethyl adjacent to an activating group) is 1. The molecule has 2 atom stereocenters. The van der Waals surface area contributed by atoms with Crippen molar-refractivity contribution >= 4 is 19.8 Å². The lowest BCUT2D eigenvalue weighted by Gasteiger charge is -2.28. The number of quaternary nitrogens is 1. The molecule has 0 aliphatic carbocycles. The van der Waals surface area contributed by atoms with E-state index in [-0.39, 0.29) is 26.1 Å². The molecule has 0 aromatic heterocycles. The summed E-state index contributed by atoms with van der Waals surface area (Å²) in [5.74, 6) is -0.919. The molecule has 0 aliphatic heterocycles. The van der Waals surface area contributed by atoms with E-state index in [1.807, 2.05) is 21.1 Å². The molecule has 0 bridgehead atoms. The smallest absolute Gasteiger partial charge is 0.306 e. The van der Waals surface area contributed by atoms with Crippen LogP contribution >= 0.6 is 7.82 Å². The number of allylic oxidation sites excluding steroid dienone is 14. The maximum absolute atomic E-state index is 12.7. The zero-order valence-corrected chi connectivity index (χ0v) is 36.7. The third-order valence-corrected chi connectivity index (χ3v) is 9.36. The average Bonchev–Trinajstić information content (AvgIpc) is 3.15. The molecule has 0 aromatic rings. The lowest BCUT2D eigenvalue weighted by atomic mass is 10.1. The quantitative estimate of drug-likeness (QED) is 0.0201. The van der Waals surface area contributed by atoms with Crippen molar-refractivity contribution in [3.63, 3.8) is 0 Å². The third kappa shape index (κ3) is 40.8. The SMILES string of the molecule is CC/C=C/C/C=C/C/C=C/C/C=C/CCCCC(=O)OC[C@H](COP(=O)([O-])OCC[N+](C)(C)C)OC(=O)CCCCCC/C=C/C/C=C/C/C=C/CCCCC. The highest BCUT2D eigenvalue weighted by molar-refractivity contribution is 7.45. The van der Waals surface area contributed by atoms with E-state index in [2.05, 4.69) is 98.9 Å². The number of carbonyl (C=O) groups is 2. The van der Waals surface area contributed by atoms with Crippen LogP contribution in [0.2, 0.25) is 0 Å². The number of rotatable bonds is 37. The Hall–Kier alpha value is -2.81. The van der Waals surface area contributed by atoms with Gasteiger partial charge in [-0.15, -0.1) is 0 Å². The second-order valence-corrected chi connectivity index (χ2v) is 16.4.